The van der Waals surface area contributed by atoms with Crippen LogP contribution < -0.4 is 5.32 Å². The van der Waals surface area contributed by atoms with Crippen molar-refractivity contribution in [1.29, 1.82) is 0 Å². The monoisotopic (exact) mass is 374 g/mol. The number of hydrogen-bond donors (Lipinski definition) is 1. The summed E-state index contributed by atoms with van der Waals surface area (Å²) in [5.74, 6) is -0.503. The molecule has 8 heteroatoms. The molecule has 1 heterocycles. The van der Waals surface area contributed by atoms with E-state index in [1.54, 1.807) is 31.4 Å². The lowest BCUT2D eigenvalue weighted by atomic mass is 9.99. The summed E-state index contributed by atoms with van der Waals surface area (Å²) in [4.78, 5) is 12.1. The molecule has 0 aliphatic carbocycles. The fraction of sp³-hybridized carbons (Fsp3) is 0.562. The molecule has 0 saturated carbocycles. The maximum Gasteiger partial charge on any atom is 0.224 e. The van der Waals surface area contributed by atoms with Gasteiger partial charge in [-0.3, -0.25) is 4.79 Å². The van der Waals surface area contributed by atoms with Crippen molar-refractivity contribution < 1.29 is 17.9 Å². The highest BCUT2D eigenvalue weighted by molar-refractivity contribution is 7.88. The van der Waals surface area contributed by atoms with E-state index in [1.807, 2.05) is 0 Å². The Hall–Kier alpha value is -1.15. The summed E-state index contributed by atoms with van der Waals surface area (Å²) < 4.78 is 31.5. The van der Waals surface area contributed by atoms with Crippen molar-refractivity contribution in [3.05, 3.63) is 34.9 Å². The number of carbonyl (C=O) groups excluding carboxylic acids is 1. The van der Waals surface area contributed by atoms with Gasteiger partial charge in [-0.2, -0.15) is 0 Å². The third-order valence-corrected chi connectivity index (χ3v) is 6.08. The van der Waals surface area contributed by atoms with Crippen LogP contribution in [0.4, 0.5) is 0 Å². The molecule has 1 aliphatic rings. The first kappa shape index (κ1) is 19.2. The molecule has 0 spiro atoms. The van der Waals surface area contributed by atoms with Crippen molar-refractivity contribution in [2.75, 3.05) is 33.4 Å². The van der Waals surface area contributed by atoms with Crippen LogP contribution in [-0.2, 0) is 25.3 Å². The lowest BCUT2D eigenvalue weighted by Crippen LogP contribution is -2.46. The lowest BCUT2D eigenvalue weighted by molar-refractivity contribution is -0.126. The predicted octanol–water partition coefficient (Wildman–Crippen LogP) is 1.64. The highest BCUT2D eigenvalue weighted by Crippen LogP contribution is 2.22. The summed E-state index contributed by atoms with van der Waals surface area (Å²) >= 11 is 5.82. The molecule has 0 aromatic heterocycles. The van der Waals surface area contributed by atoms with Crippen LogP contribution in [0.15, 0.2) is 24.3 Å². The molecule has 1 aliphatic heterocycles. The molecule has 1 amide bonds. The topological polar surface area (TPSA) is 75.7 Å². The number of methoxy groups -OCH3 is 1. The van der Waals surface area contributed by atoms with E-state index in [9.17, 15) is 13.2 Å². The van der Waals surface area contributed by atoms with Crippen molar-refractivity contribution >= 4 is 27.5 Å². The van der Waals surface area contributed by atoms with Gasteiger partial charge in [-0.1, -0.05) is 23.7 Å². The molecular formula is C16H23ClN2O4S. The van der Waals surface area contributed by atoms with Crippen LogP contribution >= 0.6 is 11.6 Å². The number of benzene rings is 1. The van der Waals surface area contributed by atoms with E-state index in [0.717, 1.165) is 0 Å². The van der Waals surface area contributed by atoms with Gasteiger partial charge in [0.1, 0.15) is 0 Å². The third-order valence-electron chi connectivity index (χ3n) is 4.02. The Bertz CT molecular complexity index is 649. The van der Waals surface area contributed by atoms with Gasteiger partial charge in [-0.25, -0.2) is 12.7 Å². The summed E-state index contributed by atoms with van der Waals surface area (Å²) in [6.07, 6.45) is 1.38. The number of nitrogens with one attached hydrogen (secondary N) is 1. The van der Waals surface area contributed by atoms with Crippen LogP contribution in [0, 0.1) is 5.92 Å². The molecule has 0 bridgehead atoms. The Balaban J connectivity index is 1.97. The summed E-state index contributed by atoms with van der Waals surface area (Å²) in [7, 11) is -1.89. The molecule has 2 rings (SSSR count). The SMILES string of the molecule is COCCNC(=O)C1CCCN(S(=O)(=O)Cc2ccc(Cl)cc2)C1. The van der Waals surface area contributed by atoms with Crippen LogP contribution in [0.5, 0.6) is 0 Å². The zero-order chi connectivity index (χ0) is 17.6. The first-order valence-electron chi connectivity index (χ1n) is 7.91. The van der Waals surface area contributed by atoms with Crippen LogP contribution in [0.25, 0.3) is 0 Å². The third kappa shape index (κ3) is 5.44. The number of piperidine rings is 1. The van der Waals surface area contributed by atoms with Crippen LogP contribution in [0.3, 0.4) is 0 Å². The van der Waals surface area contributed by atoms with Gasteiger partial charge in [-0.05, 0) is 30.5 Å². The molecule has 1 unspecified atom stereocenters. The fourth-order valence-electron chi connectivity index (χ4n) is 2.71. The Morgan fingerprint density at radius 3 is 2.75 bits per heavy atom. The van der Waals surface area contributed by atoms with Gasteiger partial charge in [0.15, 0.2) is 0 Å². The normalized spacial score (nSPS) is 19.2. The van der Waals surface area contributed by atoms with Crippen LogP contribution in [0.2, 0.25) is 5.02 Å². The standard InChI is InChI=1S/C16H23ClN2O4S/c1-23-10-8-18-16(20)14-3-2-9-19(11-14)24(21,22)12-13-4-6-15(17)7-5-13/h4-7,14H,2-3,8-12H2,1H3,(H,18,20). The highest BCUT2D eigenvalue weighted by atomic mass is 35.5. The Labute approximate surface area is 148 Å². The molecule has 6 nitrogen and oxygen atoms in total. The molecule has 1 aromatic carbocycles. The van der Waals surface area contributed by atoms with E-state index in [4.69, 9.17) is 16.3 Å². The summed E-state index contributed by atoms with van der Waals surface area (Å²) in [6.45, 7) is 1.56. The number of sulfonamides is 1. The molecule has 24 heavy (non-hydrogen) atoms. The maximum absolute atomic E-state index is 12.6. The van der Waals surface area contributed by atoms with Crippen molar-refractivity contribution in [3.8, 4) is 0 Å². The minimum Gasteiger partial charge on any atom is -0.383 e. The van der Waals surface area contributed by atoms with Gasteiger partial charge in [0.05, 0.1) is 18.3 Å². The molecule has 0 radical (unpaired) electrons. The quantitative estimate of drug-likeness (QED) is 0.736. The van der Waals surface area contributed by atoms with Gasteiger partial charge >= 0.3 is 0 Å². The van der Waals surface area contributed by atoms with E-state index >= 15 is 0 Å². The maximum atomic E-state index is 12.6. The predicted molar refractivity (Wildman–Crippen MR) is 93.3 cm³/mol. The van der Waals surface area contributed by atoms with Crippen molar-refractivity contribution in [2.24, 2.45) is 5.92 Å². The zero-order valence-corrected chi connectivity index (χ0v) is 15.3. The lowest BCUT2D eigenvalue weighted by Gasteiger charge is -2.31. The van der Waals surface area contributed by atoms with E-state index in [-0.39, 0.29) is 24.1 Å². The number of carbonyl (C=O) groups is 1. The van der Waals surface area contributed by atoms with Crippen LogP contribution in [0.1, 0.15) is 18.4 Å². The van der Waals surface area contributed by atoms with E-state index < -0.39 is 10.0 Å². The summed E-state index contributed by atoms with van der Waals surface area (Å²) in [5, 5.41) is 3.35. The largest absolute Gasteiger partial charge is 0.383 e. The second-order valence-electron chi connectivity index (χ2n) is 5.86. The number of nitrogens with zero attached hydrogens (tertiary/aromatic N) is 1. The number of hydrogen-bond acceptors (Lipinski definition) is 4. The fourth-order valence-corrected chi connectivity index (χ4v) is 4.45. The number of ether oxygens (including phenoxy) is 1. The number of halogens is 1. The van der Waals surface area contributed by atoms with Crippen molar-refractivity contribution in [1.82, 2.24) is 9.62 Å². The van der Waals surface area contributed by atoms with E-state index in [1.165, 1.54) is 4.31 Å². The van der Waals surface area contributed by atoms with E-state index in [2.05, 4.69) is 5.32 Å². The van der Waals surface area contributed by atoms with E-state index in [0.29, 0.717) is 43.1 Å². The molecule has 1 N–H and O–H groups in total. The first-order valence-corrected chi connectivity index (χ1v) is 9.90. The number of amides is 1. The van der Waals surface area contributed by atoms with Gasteiger partial charge in [0, 0.05) is 31.8 Å². The minimum atomic E-state index is -3.46. The molecule has 134 valence electrons. The second kappa shape index (κ2) is 8.80. The second-order valence-corrected chi connectivity index (χ2v) is 8.27. The number of rotatable bonds is 7. The molecule has 1 saturated heterocycles. The Morgan fingerprint density at radius 2 is 2.08 bits per heavy atom. The smallest absolute Gasteiger partial charge is 0.224 e. The average Bonchev–Trinajstić information content (AvgIpc) is 2.57. The highest BCUT2D eigenvalue weighted by Gasteiger charge is 2.32. The summed E-state index contributed by atoms with van der Waals surface area (Å²) in [6, 6.07) is 6.76. The van der Waals surface area contributed by atoms with Gasteiger partial charge in [0.2, 0.25) is 15.9 Å². The molecule has 1 atom stereocenters. The molecule has 1 fully saturated rings. The zero-order valence-electron chi connectivity index (χ0n) is 13.7. The average molecular weight is 375 g/mol. The minimum absolute atomic E-state index is 0.0812. The van der Waals surface area contributed by atoms with Crippen molar-refractivity contribution in [2.45, 2.75) is 18.6 Å². The Morgan fingerprint density at radius 1 is 1.38 bits per heavy atom. The Kier molecular flexibility index (Phi) is 7.03. The van der Waals surface area contributed by atoms with Gasteiger partial charge < -0.3 is 10.1 Å². The molecular weight excluding hydrogens is 352 g/mol. The first-order chi connectivity index (χ1) is 11.4. The molecule has 1 aromatic rings. The van der Waals surface area contributed by atoms with Gasteiger partial charge in [0.25, 0.3) is 0 Å². The summed E-state index contributed by atoms with van der Waals surface area (Å²) in [5.41, 5.74) is 0.686. The van der Waals surface area contributed by atoms with Gasteiger partial charge in [-0.15, -0.1) is 0 Å². The van der Waals surface area contributed by atoms with Crippen LogP contribution in [-0.4, -0.2) is 52.0 Å². The van der Waals surface area contributed by atoms with Crippen molar-refractivity contribution in [3.63, 3.8) is 0 Å².